The highest BCUT2D eigenvalue weighted by molar-refractivity contribution is 8.18. The Labute approximate surface area is 150 Å². The maximum atomic E-state index is 12.2. The molecule has 1 saturated heterocycles. The molecule has 130 valence electrons. The number of amidine groups is 1. The summed E-state index contributed by atoms with van der Waals surface area (Å²) in [6.45, 7) is 0.538. The number of nitrogens with one attached hydrogen (secondary N) is 1. The average molecular weight is 369 g/mol. The Balaban J connectivity index is 1.59. The molecule has 0 atom stereocenters. The number of thioether (sulfide) groups is 1. The second-order valence-electron chi connectivity index (χ2n) is 5.39. The van der Waals surface area contributed by atoms with Gasteiger partial charge in [-0.25, -0.2) is 4.99 Å². The summed E-state index contributed by atoms with van der Waals surface area (Å²) in [4.78, 5) is 29.2. The van der Waals surface area contributed by atoms with E-state index >= 15 is 0 Å². The van der Waals surface area contributed by atoms with Crippen molar-refractivity contribution in [3.63, 3.8) is 0 Å². The lowest BCUT2D eigenvalue weighted by Crippen LogP contribution is -2.30. The molecule has 0 radical (unpaired) electrons. The molecule has 1 N–H and O–H groups in total. The Hall–Kier alpha value is -3.40. The van der Waals surface area contributed by atoms with Crippen LogP contribution in [0.5, 0.6) is 0 Å². The van der Waals surface area contributed by atoms with E-state index in [1.807, 2.05) is 17.2 Å². The normalized spacial score (nSPS) is 19.1. The lowest BCUT2D eigenvalue weighted by molar-refractivity contribution is -0.384. The number of nitrogens with zero attached hydrogens (tertiary/aromatic N) is 4. The molecule has 9 nitrogen and oxygen atoms in total. The summed E-state index contributed by atoms with van der Waals surface area (Å²) in [5.74, 6) is -0.308. The predicted octanol–water partition coefficient (Wildman–Crippen LogP) is 0.809. The van der Waals surface area contributed by atoms with Crippen LogP contribution in [0.2, 0.25) is 0 Å². The number of nitro benzene ring substituents is 1. The van der Waals surface area contributed by atoms with Gasteiger partial charge in [0.15, 0.2) is 10.6 Å². The third-order valence-corrected chi connectivity index (χ3v) is 4.55. The van der Waals surface area contributed by atoms with Crippen molar-refractivity contribution in [3.8, 4) is 0 Å². The van der Waals surface area contributed by atoms with Gasteiger partial charge in [-0.15, -0.1) is 0 Å². The molecule has 1 aromatic carbocycles. The van der Waals surface area contributed by atoms with Crippen LogP contribution < -0.4 is 16.0 Å². The summed E-state index contributed by atoms with van der Waals surface area (Å²) >= 11 is 1.12. The monoisotopic (exact) mass is 369 g/mol. The Morgan fingerprint density at radius 2 is 2.27 bits per heavy atom. The standard InChI is InChI=1S/C16H11N5O4S/c22-15-14(9-20-6-5-13-10(8-20)7-17-25-13)26-16(19-15)18-11-3-1-2-4-12(11)21(23)24/h1-5,7-9H,6H2,(H,18,19,22). The summed E-state index contributed by atoms with van der Waals surface area (Å²) in [6.07, 6.45) is 6.97. The van der Waals surface area contributed by atoms with Gasteiger partial charge in [-0.2, -0.15) is 0 Å². The van der Waals surface area contributed by atoms with E-state index in [0.717, 1.165) is 17.0 Å². The molecule has 0 bridgehead atoms. The average Bonchev–Trinajstić information content (AvgIpc) is 3.21. The summed E-state index contributed by atoms with van der Waals surface area (Å²) in [6, 6.07) is 6.11. The van der Waals surface area contributed by atoms with E-state index in [2.05, 4.69) is 15.5 Å². The molecule has 2 aromatic rings. The van der Waals surface area contributed by atoms with Crippen molar-refractivity contribution in [1.29, 1.82) is 0 Å². The first-order valence-corrected chi connectivity index (χ1v) is 8.33. The van der Waals surface area contributed by atoms with E-state index in [0.29, 0.717) is 22.0 Å². The van der Waals surface area contributed by atoms with E-state index in [9.17, 15) is 14.9 Å². The summed E-state index contributed by atoms with van der Waals surface area (Å²) in [7, 11) is 0. The zero-order chi connectivity index (χ0) is 18.1. The Kier molecular flexibility index (Phi) is 4.01. The lowest BCUT2D eigenvalue weighted by Gasteiger charge is -2.14. The highest BCUT2D eigenvalue weighted by Crippen LogP contribution is 2.31. The fraction of sp³-hybridized carbons (Fsp3) is 0.0625. The van der Waals surface area contributed by atoms with Crippen molar-refractivity contribution in [2.75, 3.05) is 6.54 Å². The van der Waals surface area contributed by atoms with Gasteiger partial charge in [0, 0.05) is 25.0 Å². The number of para-hydroxylation sites is 2. The Morgan fingerprint density at radius 1 is 1.42 bits per heavy atom. The number of rotatable bonds is 3. The van der Waals surface area contributed by atoms with Crippen molar-refractivity contribution in [2.45, 2.75) is 0 Å². The SMILES string of the molecule is O=C1NC(=Nc2ccccc2[N+](=O)[O-])SC1=CN1C=c2cnoc2=CC1. The number of aliphatic imine (C=N–C) groups is 1. The van der Waals surface area contributed by atoms with Crippen LogP contribution in [0.25, 0.3) is 12.3 Å². The number of carbonyl (C=O) groups excluding carboxylic acids is 1. The molecule has 26 heavy (non-hydrogen) atoms. The first-order valence-electron chi connectivity index (χ1n) is 7.52. The van der Waals surface area contributed by atoms with Crippen molar-refractivity contribution >= 4 is 46.5 Å². The Morgan fingerprint density at radius 3 is 3.12 bits per heavy atom. The molecular weight excluding hydrogens is 358 g/mol. The molecule has 1 fully saturated rings. The first-order chi connectivity index (χ1) is 12.6. The van der Waals surface area contributed by atoms with Crippen LogP contribution >= 0.6 is 11.8 Å². The maximum Gasteiger partial charge on any atom is 0.294 e. The zero-order valence-corrected chi connectivity index (χ0v) is 14.0. The smallest absolute Gasteiger partial charge is 0.294 e. The lowest BCUT2D eigenvalue weighted by atomic mass is 10.3. The van der Waals surface area contributed by atoms with Crippen molar-refractivity contribution in [2.24, 2.45) is 4.99 Å². The van der Waals surface area contributed by atoms with Gasteiger partial charge in [0.1, 0.15) is 5.69 Å². The van der Waals surface area contributed by atoms with Crippen molar-refractivity contribution in [3.05, 3.63) is 62.3 Å². The van der Waals surface area contributed by atoms with Gasteiger partial charge in [-0.05, 0) is 23.9 Å². The van der Waals surface area contributed by atoms with Gasteiger partial charge < -0.3 is 14.7 Å². The van der Waals surface area contributed by atoms with E-state index in [1.54, 1.807) is 24.5 Å². The van der Waals surface area contributed by atoms with Crippen LogP contribution in [0, 0.1) is 10.1 Å². The van der Waals surface area contributed by atoms with E-state index in [-0.39, 0.29) is 17.3 Å². The molecule has 4 rings (SSSR count). The molecule has 3 heterocycles. The molecule has 10 heteroatoms. The fourth-order valence-electron chi connectivity index (χ4n) is 2.46. The van der Waals surface area contributed by atoms with Gasteiger partial charge in [-0.3, -0.25) is 14.9 Å². The number of nitro groups is 1. The molecule has 2 aliphatic heterocycles. The third-order valence-electron chi connectivity index (χ3n) is 3.65. The molecule has 0 unspecified atom stereocenters. The van der Waals surface area contributed by atoms with Gasteiger partial charge >= 0.3 is 0 Å². The van der Waals surface area contributed by atoms with Crippen LogP contribution in [0.4, 0.5) is 11.4 Å². The van der Waals surface area contributed by atoms with Crippen LogP contribution in [-0.4, -0.2) is 32.6 Å². The number of benzene rings is 1. The van der Waals surface area contributed by atoms with Gasteiger partial charge in [-0.1, -0.05) is 17.3 Å². The van der Waals surface area contributed by atoms with Crippen molar-refractivity contribution in [1.82, 2.24) is 15.4 Å². The van der Waals surface area contributed by atoms with Crippen molar-refractivity contribution < 1.29 is 14.2 Å². The first kappa shape index (κ1) is 16.1. The largest absolute Gasteiger partial charge is 0.357 e. The number of fused-ring (bicyclic) bond motifs is 1. The van der Waals surface area contributed by atoms with Gasteiger partial charge in [0.05, 0.1) is 21.2 Å². The number of carbonyl (C=O) groups is 1. The predicted molar refractivity (Wildman–Crippen MR) is 95.4 cm³/mol. The van der Waals surface area contributed by atoms with E-state index in [1.165, 1.54) is 12.1 Å². The Bertz CT molecular complexity index is 1090. The minimum atomic E-state index is -0.507. The molecule has 0 saturated carbocycles. The quantitative estimate of drug-likeness (QED) is 0.484. The van der Waals surface area contributed by atoms with Crippen LogP contribution in [0.1, 0.15) is 0 Å². The maximum absolute atomic E-state index is 12.2. The number of aromatic nitrogens is 1. The van der Waals surface area contributed by atoms with E-state index in [4.69, 9.17) is 4.52 Å². The highest BCUT2D eigenvalue weighted by atomic mass is 32.2. The third kappa shape index (κ3) is 3.09. The molecule has 1 aromatic heterocycles. The van der Waals surface area contributed by atoms with Crippen LogP contribution in [0.15, 0.2) is 51.1 Å². The molecule has 0 spiro atoms. The van der Waals surface area contributed by atoms with E-state index < -0.39 is 4.92 Å². The topological polar surface area (TPSA) is 114 Å². The van der Waals surface area contributed by atoms with Crippen LogP contribution in [-0.2, 0) is 4.79 Å². The van der Waals surface area contributed by atoms with Crippen LogP contribution in [0.3, 0.4) is 0 Å². The second-order valence-corrected chi connectivity index (χ2v) is 6.42. The molecule has 0 aliphatic carbocycles. The molecular formula is C16H11N5O4S. The summed E-state index contributed by atoms with van der Waals surface area (Å²) in [5.41, 5.74) is 0.765. The highest BCUT2D eigenvalue weighted by Gasteiger charge is 2.25. The minimum Gasteiger partial charge on any atom is -0.357 e. The number of hydrogen-bond donors (Lipinski definition) is 1. The molecule has 1 amide bonds. The molecule has 2 aliphatic rings. The second kappa shape index (κ2) is 6.48. The summed E-state index contributed by atoms with van der Waals surface area (Å²) in [5, 5.41) is 18.5. The minimum absolute atomic E-state index is 0.119. The number of amides is 1. The summed E-state index contributed by atoms with van der Waals surface area (Å²) < 4.78 is 5.07. The fourth-order valence-corrected chi connectivity index (χ4v) is 3.29. The number of hydrogen-bond acceptors (Lipinski definition) is 8. The zero-order valence-electron chi connectivity index (χ0n) is 13.2. The van der Waals surface area contributed by atoms with Gasteiger partial charge in [0.2, 0.25) is 0 Å². The van der Waals surface area contributed by atoms with Gasteiger partial charge in [0.25, 0.3) is 11.6 Å².